The molecule has 1 fully saturated rings. The van der Waals surface area contributed by atoms with Crippen molar-refractivity contribution >= 4 is 11.8 Å². The Kier molecular flexibility index (Phi) is 8.92. The van der Waals surface area contributed by atoms with Crippen LogP contribution in [0.1, 0.15) is 64.5 Å². The van der Waals surface area contributed by atoms with Crippen LogP contribution in [0.5, 0.6) is 0 Å². The first-order valence-electron chi connectivity index (χ1n) is 12.4. The van der Waals surface area contributed by atoms with Gasteiger partial charge >= 0.3 is 0 Å². The predicted octanol–water partition coefficient (Wildman–Crippen LogP) is 5.38. The molecular formula is C27H43N5. The third-order valence-electron chi connectivity index (χ3n) is 6.38. The number of nitrogens with one attached hydrogen (secondary N) is 1. The van der Waals surface area contributed by atoms with E-state index in [0.29, 0.717) is 5.92 Å². The summed E-state index contributed by atoms with van der Waals surface area (Å²) in [6.07, 6.45) is 8.18. The normalized spacial score (nSPS) is 16.1. The van der Waals surface area contributed by atoms with Gasteiger partial charge in [0.1, 0.15) is 5.82 Å². The van der Waals surface area contributed by atoms with Crippen LogP contribution in [0.4, 0.5) is 11.8 Å². The van der Waals surface area contributed by atoms with Gasteiger partial charge in [0.25, 0.3) is 0 Å². The number of benzene rings is 1. The van der Waals surface area contributed by atoms with Crippen molar-refractivity contribution in [1.29, 1.82) is 0 Å². The highest BCUT2D eigenvalue weighted by Crippen LogP contribution is 2.23. The van der Waals surface area contributed by atoms with Gasteiger partial charge in [-0.25, -0.2) is 4.98 Å². The van der Waals surface area contributed by atoms with Crippen LogP contribution < -0.4 is 10.2 Å². The molecule has 1 aliphatic heterocycles. The average Bonchev–Trinajstić information content (AvgIpc) is 3.03. The number of hydrogen-bond acceptors (Lipinski definition) is 5. The van der Waals surface area contributed by atoms with Crippen LogP contribution in [0.15, 0.2) is 36.5 Å². The van der Waals surface area contributed by atoms with Crippen LogP contribution >= 0.6 is 0 Å². The maximum atomic E-state index is 4.76. The minimum Gasteiger partial charge on any atom is -0.356 e. The predicted molar refractivity (Wildman–Crippen MR) is 137 cm³/mol. The van der Waals surface area contributed by atoms with Gasteiger partial charge in [-0.2, -0.15) is 4.98 Å². The van der Waals surface area contributed by atoms with Crippen molar-refractivity contribution in [2.75, 3.05) is 50.0 Å². The second-order valence-corrected chi connectivity index (χ2v) is 10.6. The summed E-state index contributed by atoms with van der Waals surface area (Å²) in [6.45, 7) is 14.3. The van der Waals surface area contributed by atoms with Gasteiger partial charge in [-0.05, 0) is 54.8 Å². The lowest BCUT2D eigenvalue weighted by Gasteiger charge is -2.23. The van der Waals surface area contributed by atoms with Gasteiger partial charge in [-0.1, -0.05) is 64.8 Å². The number of nitrogens with zero attached hydrogens (tertiary/aromatic N) is 4. The summed E-state index contributed by atoms with van der Waals surface area (Å²) in [4.78, 5) is 14.0. The van der Waals surface area contributed by atoms with Crippen molar-refractivity contribution in [2.24, 2.45) is 5.92 Å². The van der Waals surface area contributed by atoms with Gasteiger partial charge in [-0.15, -0.1) is 0 Å². The number of anilines is 2. The molecular weight excluding hydrogens is 394 g/mol. The van der Waals surface area contributed by atoms with Crippen LogP contribution in [0, 0.1) is 5.92 Å². The lowest BCUT2D eigenvalue weighted by atomic mass is 9.86. The van der Waals surface area contributed by atoms with E-state index >= 15 is 0 Å². The molecule has 1 saturated heterocycles. The molecule has 2 aromatic rings. The van der Waals surface area contributed by atoms with Crippen molar-refractivity contribution < 1.29 is 0 Å². The summed E-state index contributed by atoms with van der Waals surface area (Å²) in [5.41, 5.74) is 3.04. The maximum Gasteiger partial charge on any atom is 0.224 e. The molecule has 5 nitrogen and oxygen atoms in total. The van der Waals surface area contributed by atoms with Gasteiger partial charge in [-0.3, -0.25) is 0 Å². The molecule has 0 radical (unpaired) electrons. The van der Waals surface area contributed by atoms with Gasteiger partial charge in [0.05, 0.1) is 0 Å². The molecule has 1 atom stereocenters. The van der Waals surface area contributed by atoms with E-state index in [0.717, 1.165) is 50.9 Å². The Bertz CT molecular complexity index is 804. The van der Waals surface area contributed by atoms with E-state index in [2.05, 4.69) is 79.1 Å². The summed E-state index contributed by atoms with van der Waals surface area (Å²) in [5, 5.41) is 3.42. The summed E-state index contributed by atoms with van der Waals surface area (Å²) < 4.78 is 0. The molecule has 0 spiro atoms. The summed E-state index contributed by atoms with van der Waals surface area (Å²) >= 11 is 0. The van der Waals surface area contributed by atoms with Crippen molar-refractivity contribution in [1.82, 2.24) is 14.9 Å². The highest BCUT2D eigenvalue weighted by molar-refractivity contribution is 5.42. The SMILES string of the molecule is CC(Cc1ccc(C(C)(C)C)cc1)CN(C)CCNc1nccc(N2CCCCCC2)n1. The summed E-state index contributed by atoms with van der Waals surface area (Å²) in [7, 11) is 2.20. The Labute approximate surface area is 195 Å². The zero-order chi connectivity index (χ0) is 23.0. The van der Waals surface area contributed by atoms with Gasteiger partial charge in [0.15, 0.2) is 0 Å². The number of rotatable bonds is 9. The lowest BCUT2D eigenvalue weighted by Crippen LogP contribution is -2.30. The number of hydrogen-bond donors (Lipinski definition) is 1. The lowest BCUT2D eigenvalue weighted by molar-refractivity contribution is 0.294. The van der Waals surface area contributed by atoms with E-state index < -0.39 is 0 Å². The Morgan fingerprint density at radius 1 is 1.03 bits per heavy atom. The molecule has 5 heteroatoms. The molecule has 1 aliphatic rings. The first kappa shape index (κ1) is 24.5. The molecule has 0 bridgehead atoms. The first-order chi connectivity index (χ1) is 15.3. The Morgan fingerprint density at radius 2 is 1.72 bits per heavy atom. The molecule has 0 amide bonds. The number of likely N-dealkylation sites (N-methyl/N-ethyl adjacent to an activating group) is 1. The van der Waals surface area contributed by atoms with E-state index in [1.54, 1.807) is 0 Å². The third kappa shape index (κ3) is 7.77. The topological polar surface area (TPSA) is 44.3 Å². The Hall–Kier alpha value is -2.14. The fourth-order valence-electron chi connectivity index (χ4n) is 4.50. The average molecular weight is 438 g/mol. The highest BCUT2D eigenvalue weighted by Gasteiger charge is 2.14. The van der Waals surface area contributed by atoms with Crippen molar-refractivity contribution in [2.45, 2.75) is 65.2 Å². The minimum atomic E-state index is 0.216. The fraction of sp³-hybridized carbons (Fsp3) is 0.630. The van der Waals surface area contributed by atoms with Gasteiger partial charge in [0, 0.05) is 38.9 Å². The molecule has 176 valence electrons. The monoisotopic (exact) mass is 437 g/mol. The van der Waals surface area contributed by atoms with Crippen molar-refractivity contribution in [3.05, 3.63) is 47.7 Å². The van der Waals surface area contributed by atoms with E-state index in [1.165, 1.54) is 36.8 Å². The summed E-state index contributed by atoms with van der Waals surface area (Å²) in [5.74, 6) is 2.42. The third-order valence-corrected chi connectivity index (χ3v) is 6.38. The Balaban J connectivity index is 1.41. The molecule has 2 heterocycles. The van der Waals surface area contributed by atoms with E-state index in [9.17, 15) is 0 Å². The zero-order valence-corrected chi connectivity index (χ0v) is 20.9. The highest BCUT2D eigenvalue weighted by atomic mass is 15.2. The standard InChI is InChI=1S/C27H43N5/c1-22(20-23-10-12-24(13-11-23)27(2,3)4)21-31(5)19-16-29-26-28-15-14-25(30-26)32-17-8-6-7-9-18-32/h10-15,22H,6-9,16-21H2,1-5H3,(H,28,29,30). The Morgan fingerprint density at radius 3 is 2.38 bits per heavy atom. The fourth-order valence-corrected chi connectivity index (χ4v) is 4.50. The van der Waals surface area contributed by atoms with Crippen LogP contribution in [-0.4, -0.2) is 54.6 Å². The molecule has 3 rings (SSSR count). The molecule has 1 unspecified atom stereocenters. The second kappa shape index (κ2) is 11.6. The van der Waals surface area contributed by atoms with Crippen molar-refractivity contribution in [3.8, 4) is 0 Å². The zero-order valence-electron chi connectivity index (χ0n) is 20.9. The smallest absolute Gasteiger partial charge is 0.224 e. The van der Waals surface area contributed by atoms with Crippen LogP contribution in [0.3, 0.4) is 0 Å². The maximum absolute atomic E-state index is 4.76. The molecule has 1 aromatic carbocycles. The molecule has 32 heavy (non-hydrogen) atoms. The summed E-state index contributed by atoms with van der Waals surface area (Å²) in [6, 6.07) is 11.2. The largest absolute Gasteiger partial charge is 0.356 e. The molecule has 0 aliphatic carbocycles. The molecule has 1 N–H and O–H groups in total. The van der Waals surface area contributed by atoms with E-state index in [4.69, 9.17) is 4.98 Å². The quantitative estimate of drug-likeness (QED) is 0.571. The number of aromatic nitrogens is 2. The minimum absolute atomic E-state index is 0.216. The van der Waals surface area contributed by atoms with E-state index in [-0.39, 0.29) is 5.41 Å². The first-order valence-corrected chi connectivity index (χ1v) is 12.4. The van der Waals surface area contributed by atoms with Crippen LogP contribution in [0.25, 0.3) is 0 Å². The van der Waals surface area contributed by atoms with Gasteiger partial charge in [0.2, 0.25) is 5.95 Å². The second-order valence-electron chi connectivity index (χ2n) is 10.6. The van der Waals surface area contributed by atoms with Crippen LogP contribution in [-0.2, 0) is 11.8 Å². The molecule has 1 aromatic heterocycles. The van der Waals surface area contributed by atoms with Crippen LogP contribution in [0.2, 0.25) is 0 Å². The van der Waals surface area contributed by atoms with Gasteiger partial charge < -0.3 is 15.1 Å². The van der Waals surface area contributed by atoms with E-state index in [1.807, 2.05) is 12.3 Å². The molecule has 0 saturated carbocycles. The van der Waals surface area contributed by atoms with Crippen molar-refractivity contribution in [3.63, 3.8) is 0 Å².